The molecule has 15 heavy (non-hydrogen) atoms. The van der Waals surface area contributed by atoms with Crippen molar-refractivity contribution >= 4 is 11.6 Å². The van der Waals surface area contributed by atoms with Gasteiger partial charge in [0.1, 0.15) is 5.15 Å². The van der Waals surface area contributed by atoms with Crippen molar-refractivity contribution in [3.63, 3.8) is 0 Å². The highest BCUT2D eigenvalue weighted by atomic mass is 35.5. The van der Waals surface area contributed by atoms with Gasteiger partial charge >= 0.3 is 0 Å². The largest absolute Gasteiger partial charge is 0.313 e. The lowest BCUT2D eigenvalue weighted by Gasteiger charge is -2.04. The maximum absolute atomic E-state index is 7.57. The second-order valence-corrected chi connectivity index (χ2v) is 3.45. The van der Waals surface area contributed by atoms with Crippen molar-refractivity contribution in [2.45, 2.75) is 6.54 Å². The van der Waals surface area contributed by atoms with E-state index in [0.29, 0.717) is 11.7 Å². The summed E-state index contributed by atoms with van der Waals surface area (Å²) in [6, 6.07) is 5.41. The van der Waals surface area contributed by atoms with E-state index >= 15 is 0 Å². The third-order valence-electron chi connectivity index (χ3n) is 1.96. The van der Waals surface area contributed by atoms with Crippen molar-refractivity contribution in [2.24, 2.45) is 0 Å². The van der Waals surface area contributed by atoms with Gasteiger partial charge in [0.05, 0.1) is 6.54 Å². The SMILES string of the molecule is N=c1ncccn1Cc1ccc(Cl)nc1. The van der Waals surface area contributed by atoms with Gasteiger partial charge in [0.25, 0.3) is 0 Å². The van der Waals surface area contributed by atoms with E-state index in [-0.39, 0.29) is 5.62 Å². The Balaban J connectivity index is 2.26. The summed E-state index contributed by atoms with van der Waals surface area (Å²) in [5, 5.41) is 8.04. The number of nitrogens with zero attached hydrogens (tertiary/aromatic N) is 3. The monoisotopic (exact) mass is 220 g/mol. The summed E-state index contributed by atoms with van der Waals surface area (Å²) in [7, 11) is 0. The van der Waals surface area contributed by atoms with Crippen LogP contribution in [-0.2, 0) is 6.54 Å². The molecule has 0 unspecified atom stereocenters. The minimum absolute atomic E-state index is 0.229. The second-order valence-electron chi connectivity index (χ2n) is 3.06. The van der Waals surface area contributed by atoms with Crippen LogP contribution in [0.25, 0.3) is 0 Å². The summed E-state index contributed by atoms with van der Waals surface area (Å²) >= 11 is 5.68. The van der Waals surface area contributed by atoms with Crippen LogP contribution in [0.1, 0.15) is 5.56 Å². The number of nitrogens with one attached hydrogen (secondary N) is 1. The summed E-state index contributed by atoms with van der Waals surface area (Å²) < 4.78 is 1.73. The van der Waals surface area contributed by atoms with Crippen molar-refractivity contribution in [1.82, 2.24) is 14.5 Å². The number of hydrogen-bond acceptors (Lipinski definition) is 3. The molecule has 0 saturated carbocycles. The highest BCUT2D eigenvalue weighted by Crippen LogP contribution is 2.05. The zero-order chi connectivity index (χ0) is 10.7. The first-order chi connectivity index (χ1) is 7.25. The van der Waals surface area contributed by atoms with Gasteiger partial charge in [-0.2, -0.15) is 0 Å². The molecular weight excluding hydrogens is 212 g/mol. The minimum Gasteiger partial charge on any atom is -0.313 e. The van der Waals surface area contributed by atoms with Gasteiger partial charge in [-0.05, 0) is 17.7 Å². The van der Waals surface area contributed by atoms with Gasteiger partial charge in [-0.1, -0.05) is 17.7 Å². The molecule has 0 aliphatic rings. The summed E-state index contributed by atoms with van der Waals surface area (Å²) in [5.41, 5.74) is 1.22. The Morgan fingerprint density at radius 1 is 1.33 bits per heavy atom. The van der Waals surface area contributed by atoms with Crippen LogP contribution in [0, 0.1) is 5.41 Å². The summed E-state index contributed by atoms with van der Waals surface area (Å²) in [6.45, 7) is 0.580. The molecule has 0 amide bonds. The predicted molar refractivity (Wildman–Crippen MR) is 56.4 cm³/mol. The van der Waals surface area contributed by atoms with E-state index < -0.39 is 0 Å². The van der Waals surface area contributed by atoms with Crippen molar-refractivity contribution < 1.29 is 0 Å². The number of aromatic nitrogens is 3. The van der Waals surface area contributed by atoms with Crippen molar-refractivity contribution in [1.29, 1.82) is 5.41 Å². The summed E-state index contributed by atoms with van der Waals surface area (Å²) in [4.78, 5) is 7.85. The normalized spacial score (nSPS) is 10.2. The van der Waals surface area contributed by atoms with Crippen LogP contribution >= 0.6 is 11.6 Å². The lowest BCUT2D eigenvalue weighted by molar-refractivity contribution is 0.692. The minimum atomic E-state index is 0.229. The molecule has 4 nitrogen and oxygen atoms in total. The van der Waals surface area contributed by atoms with E-state index in [0.717, 1.165) is 5.56 Å². The lowest BCUT2D eigenvalue weighted by atomic mass is 10.3. The number of halogens is 1. The Kier molecular flexibility index (Phi) is 2.78. The third-order valence-corrected chi connectivity index (χ3v) is 2.19. The van der Waals surface area contributed by atoms with Crippen LogP contribution < -0.4 is 5.62 Å². The molecule has 0 spiro atoms. The predicted octanol–water partition coefficient (Wildman–Crippen LogP) is 1.46. The van der Waals surface area contributed by atoms with E-state index in [2.05, 4.69) is 9.97 Å². The zero-order valence-corrected chi connectivity index (χ0v) is 8.65. The van der Waals surface area contributed by atoms with E-state index in [1.54, 1.807) is 29.1 Å². The van der Waals surface area contributed by atoms with Crippen LogP contribution in [0.15, 0.2) is 36.8 Å². The maximum atomic E-state index is 7.57. The Hall–Kier alpha value is -1.68. The van der Waals surface area contributed by atoms with Gasteiger partial charge in [0.15, 0.2) is 0 Å². The standard InChI is InChI=1S/C10H9ClN4/c11-9-3-2-8(6-14-9)7-15-5-1-4-13-10(15)12/h1-6,12H,7H2. The molecule has 2 aromatic heterocycles. The van der Waals surface area contributed by atoms with Gasteiger partial charge in [0.2, 0.25) is 5.62 Å². The van der Waals surface area contributed by atoms with Gasteiger partial charge in [0, 0.05) is 18.6 Å². The first kappa shape index (κ1) is 9.86. The van der Waals surface area contributed by atoms with Crippen LogP contribution in [0.2, 0.25) is 5.15 Å². The second kappa shape index (κ2) is 4.23. The molecular formula is C10H9ClN4. The van der Waals surface area contributed by atoms with E-state index in [1.807, 2.05) is 12.3 Å². The average Bonchev–Trinajstić information content (AvgIpc) is 2.25. The van der Waals surface area contributed by atoms with Gasteiger partial charge in [-0.25, -0.2) is 9.97 Å². The zero-order valence-electron chi connectivity index (χ0n) is 7.89. The van der Waals surface area contributed by atoms with Gasteiger partial charge < -0.3 is 4.57 Å². The third kappa shape index (κ3) is 2.41. The first-order valence-electron chi connectivity index (χ1n) is 4.42. The molecule has 76 valence electrons. The molecule has 0 atom stereocenters. The smallest absolute Gasteiger partial charge is 0.222 e. The quantitative estimate of drug-likeness (QED) is 0.779. The molecule has 5 heteroatoms. The molecule has 0 bridgehead atoms. The van der Waals surface area contributed by atoms with Crippen LogP contribution in [0.3, 0.4) is 0 Å². The molecule has 0 radical (unpaired) electrons. The molecule has 0 fully saturated rings. The number of hydrogen-bond donors (Lipinski definition) is 1. The summed E-state index contributed by atoms with van der Waals surface area (Å²) in [5.74, 6) is 0. The first-order valence-corrected chi connectivity index (χ1v) is 4.80. The van der Waals surface area contributed by atoms with E-state index in [4.69, 9.17) is 17.0 Å². The average molecular weight is 221 g/mol. The fourth-order valence-electron chi connectivity index (χ4n) is 1.23. The van der Waals surface area contributed by atoms with Gasteiger partial charge in [-0.3, -0.25) is 5.41 Å². The van der Waals surface area contributed by atoms with Crippen molar-refractivity contribution in [3.8, 4) is 0 Å². The lowest BCUT2D eigenvalue weighted by Crippen LogP contribution is -2.22. The molecule has 0 aromatic carbocycles. The topological polar surface area (TPSA) is 54.6 Å². The number of rotatable bonds is 2. The molecule has 0 aliphatic carbocycles. The van der Waals surface area contributed by atoms with Crippen molar-refractivity contribution in [2.75, 3.05) is 0 Å². The fourth-order valence-corrected chi connectivity index (χ4v) is 1.34. The van der Waals surface area contributed by atoms with Crippen LogP contribution in [0.4, 0.5) is 0 Å². The highest BCUT2D eigenvalue weighted by molar-refractivity contribution is 6.29. The molecule has 2 aromatic rings. The molecule has 1 N–H and O–H groups in total. The Labute approximate surface area is 91.7 Å². The van der Waals surface area contributed by atoms with Crippen LogP contribution in [0.5, 0.6) is 0 Å². The molecule has 0 aliphatic heterocycles. The van der Waals surface area contributed by atoms with Gasteiger partial charge in [-0.15, -0.1) is 0 Å². The Bertz CT molecular complexity index is 503. The molecule has 0 saturated heterocycles. The number of pyridine rings is 1. The molecule has 2 rings (SSSR count). The Morgan fingerprint density at radius 3 is 2.87 bits per heavy atom. The van der Waals surface area contributed by atoms with E-state index in [1.165, 1.54) is 0 Å². The fraction of sp³-hybridized carbons (Fsp3) is 0.100. The maximum Gasteiger partial charge on any atom is 0.222 e. The van der Waals surface area contributed by atoms with E-state index in [9.17, 15) is 0 Å². The Morgan fingerprint density at radius 2 is 2.20 bits per heavy atom. The summed E-state index contributed by atoms with van der Waals surface area (Å²) in [6.07, 6.45) is 5.10. The van der Waals surface area contributed by atoms with Crippen molar-refractivity contribution in [3.05, 3.63) is 53.1 Å². The van der Waals surface area contributed by atoms with Crippen LogP contribution in [-0.4, -0.2) is 14.5 Å². The highest BCUT2D eigenvalue weighted by Gasteiger charge is 1.96. The molecule has 2 heterocycles.